The second kappa shape index (κ2) is 5.50. The van der Waals surface area contributed by atoms with Crippen molar-refractivity contribution in [3.05, 3.63) is 23.1 Å². The van der Waals surface area contributed by atoms with Crippen LogP contribution >= 0.6 is 11.6 Å². The number of piperidine rings is 1. The van der Waals surface area contributed by atoms with Crippen LogP contribution in [0.3, 0.4) is 0 Å². The average molecular weight is 292 g/mol. The van der Waals surface area contributed by atoms with E-state index in [0.29, 0.717) is 11.2 Å². The van der Waals surface area contributed by atoms with Crippen LogP contribution < -0.4 is 5.32 Å². The topological polar surface area (TPSA) is 53.9 Å². The van der Waals surface area contributed by atoms with Crippen molar-refractivity contribution < 1.29 is 0 Å². The van der Waals surface area contributed by atoms with Crippen molar-refractivity contribution in [1.29, 1.82) is 0 Å². The van der Waals surface area contributed by atoms with Gasteiger partial charge in [0.05, 0.1) is 5.39 Å². The van der Waals surface area contributed by atoms with Crippen LogP contribution in [-0.2, 0) is 0 Å². The first-order valence-electron chi connectivity index (χ1n) is 6.87. The Labute approximate surface area is 123 Å². The maximum atomic E-state index is 6.13. The second-order valence-electron chi connectivity index (χ2n) is 5.40. The molecule has 6 heteroatoms. The summed E-state index contributed by atoms with van der Waals surface area (Å²) in [4.78, 5) is 6.67. The third-order valence-corrected chi connectivity index (χ3v) is 4.08. The minimum atomic E-state index is 0.395. The molecule has 1 aliphatic rings. The SMILES string of the molecule is Cc1nccc2c(Cl)nnc(N[C@@H]3CCCN(C)C3)c12. The molecule has 1 aliphatic heterocycles. The average Bonchev–Trinajstić information content (AvgIpc) is 2.42. The highest BCUT2D eigenvalue weighted by atomic mass is 35.5. The molecule has 1 atom stereocenters. The van der Waals surface area contributed by atoms with Gasteiger partial charge in [0.2, 0.25) is 0 Å². The predicted octanol–water partition coefficient (Wildman–Crippen LogP) is 2.49. The molecular weight excluding hydrogens is 274 g/mol. The number of pyridine rings is 1. The summed E-state index contributed by atoms with van der Waals surface area (Å²) in [6.45, 7) is 4.15. The highest BCUT2D eigenvalue weighted by Gasteiger charge is 2.19. The number of likely N-dealkylation sites (N-methyl/N-ethyl adjacent to an activating group) is 1. The van der Waals surface area contributed by atoms with E-state index in [-0.39, 0.29) is 0 Å². The lowest BCUT2D eigenvalue weighted by Crippen LogP contribution is -2.40. The monoisotopic (exact) mass is 291 g/mol. The molecule has 0 spiro atoms. The molecular formula is C14H18ClN5. The van der Waals surface area contributed by atoms with Crippen molar-refractivity contribution in [2.75, 3.05) is 25.5 Å². The van der Waals surface area contributed by atoms with Gasteiger partial charge >= 0.3 is 0 Å². The number of likely N-dealkylation sites (tertiary alicyclic amines) is 1. The van der Waals surface area contributed by atoms with Crippen molar-refractivity contribution in [3.63, 3.8) is 0 Å². The zero-order valence-electron chi connectivity index (χ0n) is 11.7. The van der Waals surface area contributed by atoms with Gasteiger partial charge in [0.1, 0.15) is 0 Å². The number of aromatic nitrogens is 3. The summed E-state index contributed by atoms with van der Waals surface area (Å²) in [5.74, 6) is 0.787. The van der Waals surface area contributed by atoms with Gasteiger partial charge in [0.25, 0.3) is 0 Å². The Kier molecular flexibility index (Phi) is 3.72. The lowest BCUT2D eigenvalue weighted by molar-refractivity contribution is 0.261. The van der Waals surface area contributed by atoms with Crippen LogP contribution in [0, 0.1) is 6.92 Å². The Morgan fingerprint density at radius 2 is 2.25 bits per heavy atom. The molecule has 2 aromatic rings. The highest BCUT2D eigenvalue weighted by molar-refractivity contribution is 6.34. The first-order chi connectivity index (χ1) is 9.65. The first-order valence-corrected chi connectivity index (χ1v) is 7.25. The van der Waals surface area contributed by atoms with Gasteiger partial charge in [-0.2, -0.15) is 0 Å². The third-order valence-electron chi connectivity index (χ3n) is 3.80. The van der Waals surface area contributed by atoms with Gasteiger partial charge in [-0.05, 0) is 39.4 Å². The smallest absolute Gasteiger partial charge is 0.159 e. The summed E-state index contributed by atoms with van der Waals surface area (Å²) < 4.78 is 0. The molecule has 0 amide bonds. The summed E-state index contributed by atoms with van der Waals surface area (Å²) in [7, 11) is 2.15. The number of halogens is 1. The Morgan fingerprint density at radius 1 is 1.40 bits per heavy atom. The summed E-state index contributed by atoms with van der Waals surface area (Å²) >= 11 is 6.13. The Balaban J connectivity index is 1.97. The lowest BCUT2D eigenvalue weighted by Gasteiger charge is -2.30. The van der Waals surface area contributed by atoms with E-state index in [2.05, 4.69) is 32.4 Å². The fourth-order valence-electron chi connectivity index (χ4n) is 2.81. The van der Waals surface area contributed by atoms with E-state index in [1.54, 1.807) is 6.20 Å². The van der Waals surface area contributed by atoms with Gasteiger partial charge in [-0.1, -0.05) is 11.6 Å². The van der Waals surface area contributed by atoms with Crippen molar-refractivity contribution >= 4 is 28.2 Å². The molecule has 5 nitrogen and oxygen atoms in total. The summed E-state index contributed by atoms with van der Waals surface area (Å²) in [6, 6.07) is 2.28. The quantitative estimate of drug-likeness (QED) is 0.921. The molecule has 1 fully saturated rings. The fraction of sp³-hybridized carbons (Fsp3) is 0.500. The minimum absolute atomic E-state index is 0.395. The maximum absolute atomic E-state index is 6.13. The molecule has 0 aromatic carbocycles. The standard InChI is InChI=1S/C14H18ClN5/c1-9-12-11(5-6-16-9)13(15)18-19-14(12)17-10-4-3-7-20(2)8-10/h5-6,10H,3-4,7-8H2,1-2H3,(H,17,19)/t10-/m1/s1. The second-order valence-corrected chi connectivity index (χ2v) is 5.76. The fourth-order valence-corrected chi connectivity index (χ4v) is 3.01. The number of fused-ring (bicyclic) bond motifs is 1. The van der Waals surface area contributed by atoms with Gasteiger partial charge < -0.3 is 10.2 Å². The Morgan fingerprint density at radius 3 is 3.05 bits per heavy atom. The molecule has 0 saturated carbocycles. The van der Waals surface area contributed by atoms with Crippen molar-refractivity contribution in [2.24, 2.45) is 0 Å². The molecule has 0 aliphatic carbocycles. The molecule has 20 heavy (non-hydrogen) atoms. The molecule has 0 radical (unpaired) electrons. The van der Waals surface area contributed by atoms with Gasteiger partial charge in [-0.15, -0.1) is 10.2 Å². The van der Waals surface area contributed by atoms with Crippen molar-refractivity contribution in [1.82, 2.24) is 20.1 Å². The van der Waals surface area contributed by atoms with E-state index in [1.807, 2.05) is 13.0 Å². The van der Waals surface area contributed by atoms with Crippen LogP contribution in [0.5, 0.6) is 0 Å². The number of hydrogen-bond donors (Lipinski definition) is 1. The van der Waals surface area contributed by atoms with Crippen LogP contribution in [0.15, 0.2) is 12.3 Å². The number of aryl methyl sites for hydroxylation is 1. The summed E-state index contributed by atoms with van der Waals surface area (Å²) in [5, 5.41) is 14.1. The Hall–Kier alpha value is -1.46. The van der Waals surface area contributed by atoms with Crippen LogP contribution in [0.4, 0.5) is 5.82 Å². The molecule has 0 bridgehead atoms. The third kappa shape index (κ3) is 2.55. The molecule has 3 rings (SSSR count). The first kappa shape index (κ1) is 13.5. The molecule has 2 aromatic heterocycles. The molecule has 106 valence electrons. The summed E-state index contributed by atoms with van der Waals surface area (Å²) in [5.41, 5.74) is 0.922. The largest absolute Gasteiger partial charge is 0.364 e. The van der Waals surface area contributed by atoms with Crippen molar-refractivity contribution in [3.8, 4) is 0 Å². The van der Waals surface area contributed by atoms with Crippen LogP contribution in [0.25, 0.3) is 10.8 Å². The number of anilines is 1. The van der Waals surface area contributed by atoms with E-state index in [1.165, 1.54) is 6.42 Å². The summed E-state index contributed by atoms with van der Waals surface area (Å²) in [6.07, 6.45) is 4.10. The van der Waals surface area contributed by atoms with Crippen molar-refractivity contribution in [2.45, 2.75) is 25.8 Å². The number of rotatable bonds is 2. The van der Waals surface area contributed by atoms with E-state index < -0.39 is 0 Å². The lowest BCUT2D eigenvalue weighted by atomic mass is 10.1. The molecule has 1 saturated heterocycles. The minimum Gasteiger partial charge on any atom is -0.364 e. The maximum Gasteiger partial charge on any atom is 0.159 e. The van der Waals surface area contributed by atoms with Gasteiger partial charge in [0.15, 0.2) is 11.0 Å². The van der Waals surface area contributed by atoms with E-state index >= 15 is 0 Å². The molecule has 0 unspecified atom stereocenters. The van der Waals surface area contributed by atoms with Gasteiger partial charge in [0, 0.05) is 29.9 Å². The number of nitrogens with one attached hydrogen (secondary N) is 1. The van der Waals surface area contributed by atoms with Crippen LogP contribution in [0.2, 0.25) is 5.15 Å². The Bertz CT molecular complexity index is 630. The molecule has 1 N–H and O–H groups in total. The van der Waals surface area contributed by atoms with E-state index in [0.717, 1.165) is 41.8 Å². The van der Waals surface area contributed by atoms with Gasteiger partial charge in [-0.25, -0.2) is 0 Å². The zero-order valence-corrected chi connectivity index (χ0v) is 12.5. The van der Waals surface area contributed by atoms with Crippen LogP contribution in [0.1, 0.15) is 18.5 Å². The highest BCUT2D eigenvalue weighted by Crippen LogP contribution is 2.28. The molecule has 3 heterocycles. The van der Waals surface area contributed by atoms with Gasteiger partial charge in [-0.3, -0.25) is 4.98 Å². The normalized spacial score (nSPS) is 20.2. The number of nitrogens with zero attached hydrogens (tertiary/aromatic N) is 4. The number of hydrogen-bond acceptors (Lipinski definition) is 5. The predicted molar refractivity (Wildman–Crippen MR) is 81.2 cm³/mol. The van der Waals surface area contributed by atoms with E-state index in [4.69, 9.17) is 11.6 Å². The van der Waals surface area contributed by atoms with Crippen LogP contribution in [-0.4, -0.2) is 46.3 Å². The van der Waals surface area contributed by atoms with E-state index in [9.17, 15) is 0 Å². The zero-order chi connectivity index (χ0) is 14.1.